The lowest BCUT2D eigenvalue weighted by atomic mass is 9.97. The van der Waals surface area contributed by atoms with E-state index in [1.165, 1.54) is 4.90 Å². The van der Waals surface area contributed by atoms with Crippen LogP contribution in [0.25, 0.3) is 0 Å². The van der Waals surface area contributed by atoms with Crippen molar-refractivity contribution in [2.24, 2.45) is 11.8 Å². The van der Waals surface area contributed by atoms with Crippen LogP contribution in [-0.4, -0.2) is 88.9 Å². The first-order valence-electron chi connectivity index (χ1n) is 18.0. The van der Waals surface area contributed by atoms with Crippen LogP contribution in [0.2, 0.25) is 0 Å². The van der Waals surface area contributed by atoms with Gasteiger partial charge in [-0.25, -0.2) is 9.59 Å². The smallest absolute Gasteiger partial charge is 0.410 e. The highest BCUT2D eigenvalue weighted by atomic mass is 16.6. The number of rotatable bonds is 14. The van der Waals surface area contributed by atoms with Crippen molar-refractivity contribution < 1.29 is 43.0 Å². The Morgan fingerprint density at radius 1 is 0.788 bits per heavy atom. The molecule has 2 fully saturated rings. The van der Waals surface area contributed by atoms with Crippen LogP contribution in [0, 0.1) is 11.8 Å². The van der Waals surface area contributed by atoms with E-state index in [-0.39, 0.29) is 44.4 Å². The molecule has 2 saturated heterocycles. The van der Waals surface area contributed by atoms with Gasteiger partial charge >= 0.3 is 18.0 Å². The molecule has 4 amide bonds. The first-order chi connectivity index (χ1) is 24.7. The molecule has 0 unspecified atom stereocenters. The molecule has 0 radical (unpaired) electrons. The van der Waals surface area contributed by atoms with Gasteiger partial charge < -0.3 is 29.7 Å². The molecule has 2 aliphatic heterocycles. The lowest BCUT2D eigenvalue weighted by Crippen LogP contribution is -2.58. The molecule has 2 aromatic rings. The Labute approximate surface area is 305 Å². The van der Waals surface area contributed by atoms with Crippen molar-refractivity contribution in [2.75, 3.05) is 19.6 Å². The number of ether oxygens (including phenoxy) is 3. The normalized spacial score (nSPS) is 18.3. The van der Waals surface area contributed by atoms with Crippen LogP contribution < -0.4 is 10.6 Å². The Kier molecular flexibility index (Phi) is 14.2. The van der Waals surface area contributed by atoms with Gasteiger partial charge in [-0.3, -0.25) is 24.1 Å². The fraction of sp³-hybridized carbons (Fsp3) is 0.538. The summed E-state index contributed by atoms with van der Waals surface area (Å²) in [5, 5.41) is 5.33. The quantitative estimate of drug-likeness (QED) is 0.216. The first kappa shape index (κ1) is 39.8. The lowest BCUT2D eigenvalue weighted by Gasteiger charge is -2.32. The number of hydrogen-bond donors (Lipinski definition) is 2. The topological polar surface area (TPSA) is 161 Å². The average molecular weight is 721 g/mol. The summed E-state index contributed by atoms with van der Waals surface area (Å²) < 4.78 is 16.6. The molecule has 2 aliphatic rings. The summed E-state index contributed by atoms with van der Waals surface area (Å²) in [6.07, 6.45) is 0.757. The largest absolute Gasteiger partial charge is 0.461 e. The molecule has 0 saturated carbocycles. The first-order valence-corrected chi connectivity index (χ1v) is 18.0. The van der Waals surface area contributed by atoms with Crippen LogP contribution in [-0.2, 0) is 51.4 Å². The van der Waals surface area contributed by atoms with Crippen LogP contribution >= 0.6 is 0 Å². The molecule has 0 aromatic heterocycles. The van der Waals surface area contributed by atoms with Crippen LogP contribution in [0.5, 0.6) is 0 Å². The molecule has 2 heterocycles. The Balaban J connectivity index is 1.57. The average Bonchev–Trinajstić information content (AvgIpc) is 3.80. The van der Waals surface area contributed by atoms with Crippen molar-refractivity contribution in [3.63, 3.8) is 0 Å². The molecular weight excluding hydrogens is 668 g/mol. The molecule has 4 rings (SSSR count). The third-order valence-corrected chi connectivity index (χ3v) is 8.81. The Morgan fingerprint density at radius 3 is 1.92 bits per heavy atom. The highest BCUT2D eigenvalue weighted by Crippen LogP contribution is 2.30. The number of carbonyl (C=O) groups excluding carboxylic acids is 6. The van der Waals surface area contributed by atoms with E-state index < -0.39 is 65.9 Å². The number of carbonyl (C=O) groups is 6. The summed E-state index contributed by atoms with van der Waals surface area (Å²) in [5.41, 5.74) is 0.614. The molecular formula is C39H52N4O9. The monoisotopic (exact) mass is 720 g/mol. The van der Waals surface area contributed by atoms with E-state index in [9.17, 15) is 28.8 Å². The van der Waals surface area contributed by atoms with Gasteiger partial charge in [-0.05, 0) is 63.5 Å². The second-order valence-electron chi connectivity index (χ2n) is 14.7. The van der Waals surface area contributed by atoms with Crippen LogP contribution in [0.1, 0.15) is 77.8 Å². The second-order valence-corrected chi connectivity index (χ2v) is 14.7. The van der Waals surface area contributed by atoms with Gasteiger partial charge in [-0.15, -0.1) is 0 Å². The number of esters is 2. The summed E-state index contributed by atoms with van der Waals surface area (Å²) in [6, 6.07) is 14.1. The minimum Gasteiger partial charge on any atom is -0.461 e. The summed E-state index contributed by atoms with van der Waals surface area (Å²) >= 11 is 0. The molecule has 13 nitrogen and oxygen atoms in total. The lowest BCUT2D eigenvalue weighted by molar-refractivity contribution is -0.151. The molecule has 0 aliphatic carbocycles. The summed E-state index contributed by atoms with van der Waals surface area (Å²) in [5.74, 6) is -4.26. The van der Waals surface area contributed by atoms with Gasteiger partial charge in [0.1, 0.15) is 36.9 Å². The summed E-state index contributed by atoms with van der Waals surface area (Å²) in [4.78, 5) is 84.6. The van der Waals surface area contributed by atoms with E-state index in [4.69, 9.17) is 14.2 Å². The number of hydrogen-bond acceptors (Lipinski definition) is 9. The van der Waals surface area contributed by atoms with E-state index in [1.807, 2.05) is 38.1 Å². The maximum atomic E-state index is 14.2. The third-order valence-electron chi connectivity index (χ3n) is 8.81. The number of likely N-dealkylation sites (tertiary alicyclic amines) is 2. The van der Waals surface area contributed by atoms with Crippen molar-refractivity contribution in [3.8, 4) is 0 Å². The highest BCUT2D eigenvalue weighted by molar-refractivity contribution is 5.98. The molecule has 282 valence electrons. The van der Waals surface area contributed by atoms with Crippen molar-refractivity contribution in [1.82, 2.24) is 20.4 Å². The number of amides is 4. The maximum absolute atomic E-state index is 14.2. The summed E-state index contributed by atoms with van der Waals surface area (Å²) in [7, 11) is 0. The molecule has 13 heteroatoms. The second kappa shape index (κ2) is 18.5. The standard InChI is InChI=1S/C39H52N4O9/c1-26(2)22-31(37(48)51-25-28-16-10-7-11-17-28)41-34(45)30(23-32(44)50-24-27-14-8-6-9-15-27)40-35(46)33-29(36(47)42-19-12-13-20-42)18-21-43(33)38(49)52-39(3,4)5/h6-11,14-17,26,29-31,33H,12-13,18-25H2,1-5H3,(H,40,46)(H,41,45)/t29-,30+,31+,33+/m1/s1. The maximum Gasteiger partial charge on any atom is 0.410 e. The van der Waals surface area contributed by atoms with Crippen LogP contribution in [0.3, 0.4) is 0 Å². The zero-order valence-electron chi connectivity index (χ0n) is 30.8. The highest BCUT2D eigenvalue weighted by Gasteiger charge is 2.49. The molecule has 52 heavy (non-hydrogen) atoms. The van der Waals surface area contributed by atoms with Crippen LogP contribution in [0.4, 0.5) is 4.79 Å². The van der Waals surface area contributed by atoms with Gasteiger partial charge in [0.25, 0.3) is 0 Å². The molecule has 0 bridgehead atoms. The van der Waals surface area contributed by atoms with Gasteiger partial charge in [-0.2, -0.15) is 0 Å². The minimum absolute atomic E-state index is 0.00920. The third kappa shape index (κ3) is 11.8. The van der Waals surface area contributed by atoms with Gasteiger partial charge in [0.15, 0.2) is 0 Å². The zero-order valence-corrected chi connectivity index (χ0v) is 30.8. The number of nitrogens with one attached hydrogen (secondary N) is 2. The Bertz CT molecular complexity index is 1540. The fourth-order valence-electron chi connectivity index (χ4n) is 6.29. The van der Waals surface area contributed by atoms with Gasteiger partial charge in [0, 0.05) is 19.6 Å². The van der Waals surface area contributed by atoms with E-state index in [1.54, 1.807) is 62.1 Å². The van der Waals surface area contributed by atoms with E-state index in [0.29, 0.717) is 13.1 Å². The van der Waals surface area contributed by atoms with E-state index in [0.717, 1.165) is 24.0 Å². The number of benzene rings is 2. The minimum atomic E-state index is -1.52. The van der Waals surface area contributed by atoms with E-state index >= 15 is 0 Å². The zero-order chi connectivity index (χ0) is 37.8. The van der Waals surface area contributed by atoms with Gasteiger partial charge in [0.05, 0.1) is 12.3 Å². The van der Waals surface area contributed by atoms with Crippen molar-refractivity contribution >= 4 is 35.8 Å². The predicted octanol–water partition coefficient (Wildman–Crippen LogP) is 4.13. The molecule has 2 N–H and O–H groups in total. The SMILES string of the molecule is CC(C)C[C@H](NC(=O)[C@H](CC(=O)OCc1ccccc1)NC(=O)[C@@H]1[C@H](C(=O)N2CCCC2)CCN1C(=O)OC(C)(C)C)C(=O)OCc1ccccc1. The van der Waals surface area contributed by atoms with Crippen LogP contribution in [0.15, 0.2) is 60.7 Å². The van der Waals surface area contributed by atoms with Crippen molar-refractivity contribution in [3.05, 3.63) is 71.8 Å². The van der Waals surface area contributed by atoms with Crippen molar-refractivity contribution in [1.29, 1.82) is 0 Å². The molecule has 2 aromatic carbocycles. The fourth-order valence-corrected chi connectivity index (χ4v) is 6.29. The van der Waals surface area contributed by atoms with E-state index in [2.05, 4.69) is 10.6 Å². The van der Waals surface area contributed by atoms with Gasteiger partial charge in [0.2, 0.25) is 17.7 Å². The van der Waals surface area contributed by atoms with Crippen molar-refractivity contribution in [2.45, 2.75) is 104 Å². The summed E-state index contributed by atoms with van der Waals surface area (Å²) in [6.45, 7) is 9.96. The Morgan fingerprint density at radius 2 is 1.37 bits per heavy atom. The molecule has 0 spiro atoms. The molecule has 4 atom stereocenters. The predicted molar refractivity (Wildman–Crippen MR) is 191 cm³/mol. The van der Waals surface area contributed by atoms with Gasteiger partial charge in [-0.1, -0.05) is 74.5 Å². The number of nitrogens with zero attached hydrogens (tertiary/aromatic N) is 2. The Hall–Kier alpha value is -4.94.